The Labute approximate surface area is 115 Å². The minimum Gasteiger partial charge on any atom is -0.396 e. The van der Waals surface area contributed by atoms with E-state index in [1.807, 2.05) is 0 Å². The third-order valence-electron chi connectivity index (χ3n) is 2.83. The molecule has 2 aromatic rings. The van der Waals surface area contributed by atoms with Crippen molar-refractivity contribution in [3.63, 3.8) is 0 Å². The molecule has 20 heavy (non-hydrogen) atoms. The van der Waals surface area contributed by atoms with Gasteiger partial charge in [0.15, 0.2) is 0 Å². The van der Waals surface area contributed by atoms with Gasteiger partial charge in [0.1, 0.15) is 5.69 Å². The molecule has 7 nitrogen and oxygen atoms in total. The number of nitrogen functional groups attached to an aromatic ring is 1. The summed E-state index contributed by atoms with van der Waals surface area (Å²) in [6.07, 6.45) is 1.40. The molecule has 104 valence electrons. The van der Waals surface area contributed by atoms with Crippen LogP contribution in [0.5, 0.6) is 0 Å². The van der Waals surface area contributed by atoms with E-state index < -0.39 is 5.91 Å². The molecule has 1 aromatic carbocycles. The van der Waals surface area contributed by atoms with Crippen LogP contribution in [0.15, 0.2) is 30.5 Å². The van der Waals surface area contributed by atoms with E-state index in [2.05, 4.69) is 15.7 Å². The lowest BCUT2D eigenvalue weighted by Crippen LogP contribution is -2.23. The van der Waals surface area contributed by atoms with Crippen LogP contribution in [0.25, 0.3) is 0 Å². The quantitative estimate of drug-likeness (QED) is 0.762. The fraction of sp³-hybridized carbons (Fsp3) is 0.154. The molecule has 2 amide bonds. The highest BCUT2D eigenvalue weighted by Gasteiger charge is 2.17. The Morgan fingerprint density at radius 2 is 1.95 bits per heavy atom. The highest BCUT2D eigenvalue weighted by molar-refractivity contribution is 6.10. The molecule has 0 radical (unpaired) electrons. The van der Waals surface area contributed by atoms with Crippen LogP contribution >= 0.6 is 0 Å². The number of hydrogen-bond donors (Lipinski definition) is 3. The van der Waals surface area contributed by atoms with Crippen molar-refractivity contribution in [1.82, 2.24) is 15.1 Å². The van der Waals surface area contributed by atoms with E-state index in [1.165, 1.54) is 17.9 Å². The molecular formula is C13H15N5O2. The predicted molar refractivity (Wildman–Crippen MR) is 75.4 cm³/mol. The molecule has 0 bridgehead atoms. The molecule has 0 atom stereocenters. The summed E-state index contributed by atoms with van der Waals surface area (Å²) in [5.41, 5.74) is 7.02. The third-order valence-corrected chi connectivity index (χ3v) is 2.83. The average molecular weight is 273 g/mol. The highest BCUT2D eigenvalue weighted by Crippen LogP contribution is 2.17. The number of nitrogens with two attached hydrogens (primary N) is 1. The van der Waals surface area contributed by atoms with Gasteiger partial charge in [-0.1, -0.05) is 12.1 Å². The van der Waals surface area contributed by atoms with Crippen LogP contribution in [-0.2, 0) is 7.05 Å². The minimum atomic E-state index is -0.418. The standard InChI is InChI=1S/C13H15N5O2/c1-15-12(19)8-5-3-4-6-10(8)17-13(20)11-9(14)7-16-18(11)2/h3-7H,14H2,1-2H3,(H,15,19)(H,17,20). The lowest BCUT2D eigenvalue weighted by molar-refractivity contribution is 0.0964. The lowest BCUT2D eigenvalue weighted by Gasteiger charge is -2.10. The first-order valence-electron chi connectivity index (χ1n) is 5.94. The van der Waals surface area contributed by atoms with Crippen molar-refractivity contribution in [3.05, 3.63) is 41.7 Å². The number of nitrogens with one attached hydrogen (secondary N) is 2. The summed E-state index contributed by atoms with van der Waals surface area (Å²) in [4.78, 5) is 23.9. The SMILES string of the molecule is CNC(=O)c1ccccc1NC(=O)c1c(N)cnn1C. The summed E-state index contributed by atoms with van der Waals surface area (Å²) >= 11 is 0. The second-order valence-corrected chi connectivity index (χ2v) is 4.15. The van der Waals surface area contributed by atoms with Crippen LogP contribution in [0, 0.1) is 0 Å². The molecule has 0 aliphatic rings. The van der Waals surface area contributed by atoms with Crippen molar-refractivity contribution in [2.24, 2.45) is 7.05 Å². The van der Waals surface area contributed by atoms with E-state index >= 15 is 0 Å². The van der Waals surface area contributed by atoms with Crippen LogP contribution in [0.2, 0.25) is 0 Å². The average Bonchev–Trinajstić information content (AvgIpc) is 2.78. The molecule has 0 fully saturated rings. The number of amides is 2. The minimum absolute atomic E-state index is 0.247. The zero-order valence-electron chi connectivity index (χ0n) is 11.2. The maximum Gasteiger partial charge on any atom is 0.276 e. The van der Waals surface area contributed by atoms with Crippen molar-refractivity contribution in [3.8, 4) is 0 Å². The number of para-hydroxylation sites is 1. The Bertz CT molecular complexity index is 643. The number of benzene rings is 1. The maximum atomic E-state index is 12.2. The van der Waals surface area contributed by atoms with E-state index in [9.17, 15) is 9.59 Å². The monoisotopic (exact) mass is 273 g/mol. The van der Waals surface area contributed by atoms with E-state index in [-0.39, 0.29) is 17.3 Å². The topological polar surface area (TPSA) is 102 Å². The van der Waals surface area contributed by atoms with Gasteiger partial charge in [-0.05, 0) is 12.1 Å². The Balaban J connectivity index is 2.31. The number of nitrogens with zero attached hydrogens (tertiary/aromatic N) is 2. The van der Waals surface area contributed by atoms with Gasteiger partial charge in [-0.2, -0.15) is 5.10 Å². The van der Waals surface area contributed by atoms with Crippen LogP contribution in [0.3, 0.4) is 0 Å². The summed E-state index contributed by atoms with van der Waals surface area (Å²) in [6, 6.07) is 6.73. The summed E-state index contributed by atoms with van der Waals surface area (Å²) in [5, 5.41) is 9.09. The van der Waals surface area contributed by atoms with Gasteiger partial charge in [0.2, 0.25) is 0 Å². The number of hydrogen-bond acceptors (Lipinski definition) is 4. The number of aryl methyl sites for hydroxylation is 1. The molecule has 2 rings (SSSR count). The number of aromatic nitrogens is 2. The van der Waals surface area contributed by atoms with E-state index in [0.29, 0.717) is 11.3 Å². The normalized spacial score (nSPS) is 10.1. The predicted octanol–water partition coefficient (Wildman–Crippen LogP) is 0.614. The summed E-state index contributed by atoms with van der Waals surface area (Å²) in [5.74, 6) is -0.697. The molecule has 0 saturated heterocycles. The first-order chi connectivity index (χ1) is 9.54. The molecule has 4 N–H and O–H groups in total. The molecule has 0 aliphatic carbocycles. The smallest absolute Gasteiger partial charge is 0.276 e. The molecule has 0 aliphatic heterocycles. The second-order valence-electron chi connectivity index (χ2n) is 4.15. The van der Waals surface area contributed by atoms with Crippen molar-refractivity contribution < 1.29 is 9.59 Å². The molecule has 0 saturated carbocycles. The van der Waals surface area contributed by atoms with Gasteiger partial charge in [-0.15, -0.1) is 0 Å². The van der Waals surface area contributed by atoms with Gasteiger partial charge in [0.05, 0.1) is 23.1 Å². The van der Waals surface area contributed by atoms with Crippen molar-refractivity contribution in [1.29, 1.82) is 0 Å². The first-order valence-corrected chi connectivity index (χ1v) is 5.94. The molecular weight excluding hydrogens is 258 g/mol. The zero-order chi connectivity index (χ0) is 14.7. The first kappa shape index (κ1) is 13.6. The summed E-state index contributed by atoms with van der Waals surface area (Å²) in [7, 11) is 3.15. The van der Waals surface area contributed by atoms with Gasteiger partial charge in [-0.3, -0.25) is 14.3 Å². The molecule has 0 unspecified atom stereocenters. The summed E-state index contributed by atoms with van der Waals surface area (Å²) in [6.45, 7) is 0. The molecule has 1 heterocycles. The number of carbonyl (C=O) groups is 2. The van der Waals surface area contributed by atoms with Crippen LogP contribution in [-0.4, -0.2) is 28.6 Å². The third kappa shape index (κ3) is 2.46. The van der Waals surface area contributed by atoms with Gasteiger partial charge < -0.3 is 16.4 Å². The van der Waals surface area contributed by atoms with Crippen LogP contribution in [0.4, 0.5) is 11.4 Å². The fourth-order valence-corrected chi connectivity index (χ4v) is 1.84. The Hall–Kier alpha value is -2.83. The zero-order valence-corrected chi connectivity index (χ0v) is 11.2. The summed E-state index contributed by atoms with van der Waals surface area (Å²) < 4.78 is 1.38. The number of rotatable bonds is 3. The van der Waals surface area contributed by atoms with Gasteiger partial charge in [0.25, 0.3) is 11.8 Å². The molecule has 0 spiro atoms. The highest BCUT2D eigenvalue weighted by atomic mass is 16.2. The van der Waals surface area contributed by atoms with Crippen LogP contribution in [0.1, 0.15) is 20.8 Å². The van der Waals surface area contributed by atoms with Gasteiger partial charge in [-0.25, -0.2) is 0 Å². The molecule has 7 heteroatoms. The lowest BCUT2D eigenvalue weighted by atomic mass is 10.1. The van der Waals surface area contributed by atoms with Crippen molar-refractivity contribution in [2.75, 3.05) is 18.1 Å². The Morgan fingerprint density at radius 3 is 2.55 bits per heavy atom. The fourth-order valence-electron chi connectivity index (χ4n) is 1.84. The van der Waals surface area contributed by atoms with Crippen molar-refractivity contribution >= 4 is 23.2 Å². The second kappa shape index (κ2) is 5.43. The van der Waals surface area contributed by atoms with E-state index in [0.717, 1.165) is 0 Å². The Morgan fingerprint density at radius 1 is 1.25 bits per heavy atom. The Kier molecular flexibility index (Phi) is 3.69. The van der Waals surface area contributed by atoms with Gasteiger partial charge in [0, 0.05) is 14.1 Å². The van der Waals surface area contributed by atoms with Crippen molar-refractivity contribution in [2.45, 2.75) is 0 Å². The van der Waals surface area contributed by atoms with E-state index in [1.54, 1.807) is 31.3 Å². The number of carbonyl (C=O) groups excluding carboxylic acids is 2. The van der Waals surface area contributed by atoms with E-state index in [4.69, 9.17) is 5.73 Å². The number of anilines is 2. The van der Waals surface area contributed by atoms with Gasteiger partial charge >= 0.3 is 0 Å². The molecule has 1 aromatic heterocycles. The maximum absolute atomic E-state index is 12.2. The van der Waals surface area contributed by atoms with Crippen LogP contribution < -0.4 is 16.4 Å². The largest absolute Gasteiger partial charge is 0.396 e.